The molecular weight excluding hydrogens is 204 g/mol. The molecule has 1 rings (SSSR count). The van der Waals surface area contributed by atoms with E-state index in [4.69, 9.17) is 4.74 Å². The van der Waals surface area contributed by atoms with Crippen LogP contribution < -0.4 is 5.32 Å². The fourth-order valence-corrected chi connectivity index (χ4v) is 1.82. The van der Waals surface area contributed by atoms with Crippen LogP contribution in [0.25, 0.3) is 0 Å². The number of nitrogens with one attached hydrogen (secondary N) is 1. The van der Waals surface area contributed by atoms with Crippen LogP contribution in [0.4, 0.5) is 0 Å². The van der Waals surface area contributed by atoms with Crippen molar-refractivity contribution in [2.24, 2.45) is 0 Å². The molecule has 1 aliphatic heterocycles. The minimum absolute atomic E-state index is 0.160. The second kappa shape index (κ2) is 6.66. The Bertz CT molecular complexity index is 235. The average Bonchev–Trinajstić information content (AvgIpc) is 2.26. The van der Waals surface area contributed by atoms with Crippen molar-refractivity contribution in [2.45, 2.75) is 32.4 Å². The number of carbonyl (C=O) groups is 1. The largest absolute Gasteiger partial charge is 0.378 e. The van der Waals surface area contributed by atoms with Gasteiger partial charge in [0.15, 0.2) is 0 Å². The summed E-state index contributed by atoms with van der Waals surface area (Å²) in [5.41, 5.74) is 0. The van der Waals surface area contributed by atoms with Crippen molar-refractivity contribution in [1.82, 2.24) is 10.2 Å². The predicted octanol–water partition coefficient (Wildman–Crippen LogP) is 0.788. The van der Waals surface area contributed by atoms with Gasteiger partial charge in [0.05, 0.1) is 13.2 Å². The van der Waals surface area contributed by atoms with E-state index in [0.717, 1.165) is 13.2 Å². The maximum atomic E-state index is 12.0. The number of rotatable bonds is 5. The molecule has 0 aromatic rings. The van der Waals surface area contributed by atoms with Gasteiger partial charge in [0, 0.05) is 31.6 Å². The van der Waals surface area contributed by atoms with Crippen LogP contribution >= 0.6 is 0 Å². The number of carbonyl (C=O) groups excluding carboxylic acids is 1. The Morgan fingerprint density at radius 2 is 2.44 bits per heavy atom. The summed E-state index contributed by atoms with van der Waals surface area (Å²) in [7, 11) is 0. The van der Waals surface area contributed by atoms with Crippen molar-refractivity contribution in [2.75, 3.05) is 26.3 Å². The first-order valence-electron chi connectivity index (χ1n) is 5.86. The Hall–Kier alpha value is -0.870. The summed E-state index contributed by atoms with van der Waals surface area (Å²) in [5.74, 6) is 0.165. The molecule has 1 N–H and O–H groups in total. The van der Waals surface area contributed by atoms with E-state index in [9.17, 15) is 4.79 Å². The average molecular weight is 226 g/mol. The zero-order chi connectivity index (χ0) is 12.0. The molecule has 0 saturated carbocycles. The van der Waals surface area contributed by atoms with Gasteiger partial charge in [-0.15, -0.1) is 6.58 Å². The predicted molar refractivity (Wildman–Crippen MR) is 64.3 cm³/mol. The Balaban J connectivity index is 2.43. The van der Waals surface area contributed by atoms with Crippen molar-refractivity contribution in [3.8, 4) is 0 Å². The van der Waals surface area contributed by atoms with Crippen molar-refractivity contribution in [3.63, 3.8) is 0 Å². The summed E-state index contributed by atoms with van der Waals surface area (Å²) in [5, 5.41) is 3.29. The zero-order valence-corrected chi connectivity index (χ0v) is 10.2. The minimum atomic E-state index is 0.160. The molecule has 1 atom stereocenters. The highest BCUT2D eigenvalue weighted by Gasteiger charge is 2.21. The van der Waals surface area contributed by atoms with Crippen LogP contribution in [-0.4, -0.2) is 49.2 Å². The Morgan fingerprint density at radius 1 is 1.69 bits per heavy atom. The van der Waals surface area contributed by atoms with Crippen LogP contribution in [0.2, 0.25) is 0 Å². The second-order valence-electron chi connectivity index (χ2n) is 4.36. The molecule has 0 radical (unpaired) electrons. The van der Waals surface area contributed by atoms with Gasteiger partial charge in [0.1, 0.15) is 0 Å². The van der Waals surface area contributed by atoms with E-state index >= 15 is 0 Å². The lowest BCUT2D eigenvalue weighted by atomic mass is 10.1. The van der Waals surface area contributed by atoms with Gasteiger partial charge in [0.25, 0.3) is 0 Å². The first kappa shape index (κ1) is 13.2. The molecule has 16 heavy (non-hydrogen) atoms. The smallest absolute Gasteiger partial charge is 0.224 e. The molecule has 0 spiro atoms. The molecule has 92 valence electrons. The van der Waals surface area contributed by atoms with Crippen LogP contribution in [0.3, 0.4) is 0 Å². The summed E-state index contributed by atoms with van der Waals surface area (Å²) in [6.07, 6.45) is 2.27. The highest BCUT2D eigenvalue weighted by atomic mass is 16.5. The van der Waals surface area contributed by atoms with Crippen molar-refractivity contribution in [1.29, 1.82) is 0 Å². The number of hydrogen-bond acceptors (Lipinski definition) is 3. The van der Waals surface area contributed by atoms with Gasteiger partial charge in [-0.25, -0.2) is 0 Å². The second-order valence-corrected chi connectivity index (χ2v) is 4.36. The Kier molecular flexibility index (Phi) is 5.49. The van der Waals surface area contributed by atoms with Gasteiger partial charge < -0.3 is 15.0 Å². The van der Waals surface area contributed by atoms with Crippen LogP contribution in [0.1, 0.15) is 20.3 Å². The molecule has 1 heterocycles. The van der Waals surface area contributed by atoms with Crippen molar-refractivity contribution < 1.29 is 9.53 Å². The lowest BCUT2D eigenvalue weighted by molar-refractivity contribution is -0.133. The lowest BCUT2D eigenvalue weighted by Gasteiger charge is -2.29. The minimum Gasteiger partial charge on any atom is -0.378 e. The van der Waals surface area contributed by atoms with Gasteiger partial charge in [-0.2, -0.15) is 0 Å². The van der Waals surface area contributed by atoms with Gasteiger partial charge in [0.2, 0.25) is 5.91 Å². The van der Waals surface area contributed by atoms with Crippen LogP contribution in [0.15, 0.2) is 12.7 Å². The van der Waals surface area contributed by atoms with Crippen LogP contribution in [0.5, 0.6) is 0 Å². The SMILES string of the molecule is C=CCN(C(=O)CC1COCCN1)C(C)C. The molecule has 1 aliphatic rings. The first-order chi connectivity index (χ1) is 7.65. The van der Waals surface area contributed by atoms with Gasteiger partial charge in [-0.05, 0) is 13.8 Å². The molecule has 1 saturated heterocycles. The maximum Gasteiger partial charge on any atom is 0.224 e. The van der Waals surface area contributed by atoms with Gasteiger partial charge >= 0.3 is 0 Å². The summed E-state index contributed by atoms with van der Waals surface area (Å²) in [4.78, 5) is 13.9. The number of ether oxygens (including phenoxy) is 1. The lowest BCUT2D eigenvalue weighted by Crippen LogP contribution is -2.46. The quantitative estimate of drug-likeness (QED) is 0.705. The summed E-state index contributed by atoms with van der Waals surface area (Å²) in [6.45, 7) is 10.5. The van der Waals surface area contributed by atoms with E-state index in [1.54, 1.807) is 6.08 Å². The summed E-state index contributed by atoms with van der Waals surface area (Å²) < 4.78 is 5.33. The standard InChI is InChI=1S/C12H22N2O2/c1-4-6-14(10(2)3)12(15)8-11-9-16-7-5-13-11/h4,10-11,13H,1,5-9H2,2-3H3. The molecule has 0 aromatic carbocycles. The normalized spacial score (nSPS) is 20.8. The molecule has 0 bridgehead atoms. The molecule has 0 aromatic heterocycles. The third-order valence-corrected chi connectivity index (χ3v) is 2.69. The van der Waals surface area contributed by atoms with Gasteiger partial charge in [-0.3, -0.25) is 4.79 Å². The van der Waals surface area contributed by atoms with E-state index in [1.807, 2.05) is 18.7 Å². The molecular formula is C12H22N2O2. The molecule has 0 aliphatic carbocycles. The van der Waals surface area contributed by atoms with Crippen molar-refractivity contribution >= 4 is 5.91 Å². The monoisotopic (exact) mass is 226 g/mol. The third-order valence-electron chi connectivity index (χ3n) is 2.69. The van der Waals surface area contributed by atoms with E-state index in [2.05, 4.69) is 11.9 Å². The Morgan fingerprint density at radius 3 is 2.94 bits per heavy atom. The Labute approximate surface area is 97.6 Å². The summed E-state index contributed by atoms with van der Waals surface area (Å²) >= 11 is 0. The highest BCUT2D eigenvalue weighted by Crippen LogP contribution is 2.06. The number of morpholine rings is 1. The first-order valence-corrected chi connectivity index (χ1v) is 5.86. The van der Waals surface area contributed by atoms with E-state index in [0.29, 0.717) is 19.6 Å². The highest BCUT2D eigenvalue weighted by molar-refractivity contribution is 5.77. The molecule has 4 heteroatoms. The molecule has 1 amide bonds. The maximum absolute atomic E-state index is 12.0. The number of hydrogen-bond donors (Lipinski definition) is 1. The van der Waals surface area contributed by atoms with E-state index in [1.165, 1.54) is 0 Å². The molecule has 1 unspecified atom stereocenters. The topological polar surface area (TPSA) is 41.6 Å². The summed E-state index contributed by atoms with van der Waals surface area (Å²) in [6, 6.07) is 0.377. The van der Waals surface area contributed by atoms with Crippen LogP contribution in [0, 0.1) is 0 Å². The van der Waals surface area contributed by atoms with Crippen molar-refractivity contribution in [3.05, 3.63) is 12.7 Å². The molecule has 4 nitrogen and oxygen atoms in total. The zero-order valence-electron chi connectivity index (χ0n) is 10.2. The number of nitrogens with zero attached hydrogens (tertiary/aromatic N) is 1. The number of amides is 1. The van der Waals surface area contributed by atoms with Crippen LogP contribution in [-0.2, 0) is 9.53 Å². The fourth-order valence-electron chi connectivity index (χ4n) is 1.82. The fraction of sp³-hybridized carbons (Fsp3) is 0.750. The molecule has 1 fully saturated rings. The van der Waals surface area contributed by atoms with E-state index < -0.39 is 0 Å². The van der Waals surface area contributed by atoms with E-state index in [-0.39, 0.29) is 18.0 Å². The van der Waals surface area contributed by atoms with Gasteiger partial charge in [-0.1, -0.05) is 6.08 Å². The third kappa shape index (κ3) is 3.94.